The first-order valence-electron chi connectivity index (χ1n) is 6.66. The van der Waals surface area contributed by atoms with E-state index in [1.165, 1.54) is 0 Å². The van der Waals surface area contributed by atoms with Crippen molar-refractivity contribution in [3.05, 3.63) is 29.6 Å². The van der Waals surface area contributed by atoms with E-state index in [9.17, 15) is 4.79 Å². The van der Waals surface area contributed by atoms with E-state index in [0.717, 1.165) is 31.0 Å². The molecule has 1 fully saturated rings. The number of carbonyl (C=O) groups is 1. The minimum Gasteiger partial charge on any atom is -0.347 e. The number of pyridine rings is 1. The van der Waals surface area contributed by atoms with Gasteiger partial charge in [0.25, 0.3) is 0 Å². The van der Waals surface area contributed by atoms with Crippen molar-refractivity contribution in [3.63, 3.8) is 0 Å². The second kappa shape index (κ2) is 6.12. The molecule has 19 heavy (non-hydrogen) atoms. The van der Waals surface area contributed by atoms with Crippen LogP contribution in [-0.2, 0) is 11.3 Å². The van der Waals surface area contributed by atoms with Crippen LogP contribution in [0, 0.1) is 6.92 Å². The van der Waals surface area contributed by atoms with Crippen molar-refractivity contribution >= 4 is 5.91 Å². The van der Waals surface area contributed by atoms with Crippen LogP contribution in [0.25, 0.3) is 0 Å². The van der Waals surface area contributed by atoms with E-state index in [0.29, 0.717) is 6.54 Å². The summed E-state index contributed by atoms with van der Waals surface area (Å²) < 4.78 is 0. The van der Waals surface area contributed by atoms with Crippen molar-refractivity contribution in [1.82, 2.24) is 20.1 Å². The molecule has 1 N–H and O–H groups in total. The van der Waals surface area contributed by atoms with E-state index in [2.05, 4.69) is 15.2 Å². The van der Waals surface area contributed by atoms with Gasteiger partial charge in [-0.3, -0.25) is 14.7 Å². The molecule has 1 aliphatic rings. The van der Waals surface area contributed by atoms with E-state index in [1.807, 2.05) is 25.1 Å². The molecule has 5 nitrogen and oxygen atoms in total. The van der Waals surface area contributed by atoms with Gasteiger partial charge < -0.3 is 10.2 Å². The number of hydrogen-bond acceptors (Lipinski definition) is 4. The highest BCUT2D eigenvalue weighted by molar-refractivity contribution is 5.81. The maximum absolute atomic E-state index is 12.2. The van der Waals surface area contributed by atoms with Crippen LogP contribution >= 0.6 is 0 Å². The Labute approximate surface area is 114 Å². The van der Waals surface area contributed by atoms with Crippen LogP contribution in [0.15, 0.2) is 18.2 Å². The summed E-state index contributed by atoms with van der Waals surface area (Å²) in [5.41, 5.74) is 2.04. The topological polar surface area (TPSA) is 48.5 Å². The summed E-state index contributed by atoms with van der Waals surface area (Å²) in [5, 5.41) is 3.29. The number of nitrogens with one attached hydrogen (secondary N) is 1. The minimum atomic E-state index is -0.0916. The molecule has 1 atom stereocenters. The number of aryl methyl sites for hydroxylation is 1. The number of piperazine rings is 1. The lowest BCUT2D eigenvalue weighted by molar-refractivity contribution is -0.135. The third kappa shape index (κ3) is 3.52. The highest BCUT2D eigenvalue weighted by atomic mass is 16.2. The van der Waals surface area contributed by atoms with E-state index in [-0.39, 0.29) is 11.9 Å². The average Bonchev–Trinajstić information content (AvgIpc) is 2.38. The van der Waals surface area contributed by atoms with Gasteiger partial charge in [-0.05, 0) is 19.1 Å². The molecule has 0 aromatic carbocycles. The zero-order valence-corrected chi connectivity index (χ0v) is 11.9. The Kier molecular flexibility index (Phi) is 4.50. The van der Waals surface area contributed by atoms with E-state index in [4.69, 9.17) is 0 Å². The first-order valence-corrected chi connectivity index (χ1v) is 6.66. The molecule has 0 aliphatic carbocycles. The third-order valence-electron chi connectivity index (χ3n) is 3.39. The standard InChI is InChI=1S/C14H22N4O/c1-11-5-4-6-12(16-11)10-18-8-7-15-9-13(18)14(19)17(2)3/h4-6,13,15H,7-10H2,1-3H3. The Morgan fingerprint density at radius 3 is 3.00 bits per heavy atom. The lowest BCUT2D eigenvalue weighted by atomic mass is 10.1. The van der Waals surface area contributed by atoms with Gasteiger partial charge in [-0.15, -0.1) is 0 Å². The predicted molar refractivity (Wildman–Crippen MR) is 74.7 cm³/mol. The maximum atomic E-state index is 12.2. The fraction of sp³-hybridized carbons (Fsp3) is 0.571. The number of rotatable bonds is 3. The summed E-state index contributed by atoms with van der Waals surface area (Å²) in [5.74, 6) is 0.153. The highest BCUT2D eigenvalue weighted by Crippen LogP contribution is 2.11. The molecule has 1 amide bonds. The van der Waals surface area contributed by atoms with Crippen LogP contribution in [-0.4, -0.2) is 60.5 Å². The third-order valence-corrected chi connectivity index (χ3v) is 3.39. The second-order valence-corrected chi connectivity index (χ2v) is 5.19. The van der Waals surface area contributed by atoms with Gasteiger partial charge in [0.05, 0.1) is 5.69 Å². The lowest BCUT2D eigenvalue weighted by Gasteiger charge is -2.36. The van der Waals surface area contributed by atoms with Gasteiger partial charge in [0.2, 0.25) is 5.91 Å². The zero-order chi connectivity index (χ0) is 13.8. The van der Waals surface area contributed by atoms with Gasteiger partial charge in [-0.1, -0.05) is 6.07 Å². The number of amides is 1. The van der Waals surface area contributed by atoms with Gasteiger partial charge in [0.15, 0.2) is 0 Å². The van der Waals surface area contributed by atoms with Gasteiger partial charge in [-0.25, -0.2) is 0 Å². The highest BCUT2D eigenvalue weighted by Gasteiger charge is 2.29. The van der Waals surface area contributed by atoms with Gasteiger partial charge in [-0.2, -0.15) is 0 Å². The van der Waals surface area contributed by atoms with Gasteiger partial charge in [0, 0.05) is 46.0 Å². The van der Waals surface area contributed by atoms with Gasteiger partial charge >= 0.3 is 0 Å². The molecular weight excluding hydrogens is 240 g/mol. The molecule has 2 heterocycles. The summed E-state index contributed by atoms with van der Waals surface area (Å²) in [6, 6.07) is 5.93. The molecule has 0 spiro atoms. The largest absolute Gasteiger partial charge is 0.347 e. The van der Waals surface area contributed by atoms with Crippen molar-refractivity contribution in [2.75, 3.05) is 33.7 Å². The van der Waals surface area contributed by atoms with Gasteiger partial charge in [0.1, 0.15) is 6.04 Å². The number of hydrogen-bond donors (Lipinski definition) is 1. The molecule has 1 saturated heterocycles. The molecule has 1 aliphatic heterocycles. The summed E-state index contributed by atoms with van der Waals surface area (Å²) in [6.07, 6.45) is 0. The monoisotopic (exact) mass is 262 g/mol. The molecule has 0 radical (unpaired) electrons. The molecule has 0 saturated carbocycles. The summed E-state index contributed by atoms with van der Waals surface area (Å²) >= 11 is 0. The van der Waals surface area contributed by atoms with Crippen LogP contribution in [0.5, 0.6) is 0 Å². The van der Waals surface area contributed by atoms with Crippen LogP contribution < -0.4 is 5.32 Å². The van der Waals surface area contributed by atoms with Crippen LogP contribution in [0.4, 0.5) is 0 Å². The lowest BCUT2D eigenvalue weighted by Crippen LogP contribution is -2.57. The van der Waals surface area contributed by atoms with Crippen LogP contribution in [0.2, 0.25) is 0 Å². The fourth-order valence-electron chi connectivity index (χ4n) is 2.37. The molecule has 2 rings (SSSR count). The van der Waals surface area contributed by atoms with Crippen molar-refractivity contribution in [2.24, 2.45) is 0 Å². The molecule has 0 bridgehead atoms. The summed E-state index contributed by atoms with van der Waals surface area (Å²) in [6.45, 7) is 5.23. The van der Waals surface area contributed by atoms with Crippen molar-refractivity contribution in [1.29, 1.82) is 0 Å². The number of aromatic nitrogens is 1. The van der Waals surface area contributed by atoms with Crippen molar-refractivity contribution in [2.45, 2.75) is 19.5 Å². The summed E-state index contributed by atoms with van der Waals surface area (Å²) in [7, 11) is 3.61. The first kappa shape index (κ1) is 14.0. The van der Waals surface area contributed by atoms with Crippen molar-refractivity contribution < 1.29 is 4.79 Å². The molecule has 1 aromatic heterocycles. The number of likely N-dealkylation sites (N-methyl/N-ethyl adjacent to an activating group) is 1. The predicted octanol–water partition coefficient (Wildman–Crippen LogP) is 0.252. The molecule has 5 heteroatoms. The quantitative estimate of drug-likeness (QED) is 0.848. The van der Waals surface area contributed by atoms with Crippen molar-refractivity contribution in [3.8, 4) is 0 Å². The Balaban J connectivity index is 2.09. The molecular formula is C14H22N4O. The minimum absolute atomic E-state index is 0.0916. The smallest absolute Gasteiger partial charge is 0.240 e. The first-order chi connectivity index (χ1) is 9.08. The van der Waals surface area contributed by atoms with E-state index >= 15 is 0 Å². The number of nitrogens with zero attached hydrogens (tertiary/aromatic N) is 3. The Hall–Kier alpha value is -1.46. The van der Waals surface area contributed by atoms with Crippen LogP contribution in [0.1, 0.15) is 11.4 Å². The molecule has 1 aromatic rings. The van der Waals surface area contributed by atoms with Crippen LogP contribution in [0.3, 0.4) is 0 Å². The zero-order valence-electron chi connectivity index (χ0n) is 11.9. The Bertz CT molecular complexity index is 447. The number of carbonyl (C=O) groups excluding carboxylic acids is 1. The molecule has 104 valence electrons. The normalized spacial score (nSPS) is 20.3. The Morgan fingerprint density at radius 1 is 1.53 bits per heavy atom. The second-order valence-electron chi connectivity index (χ2n) is 5.19. The maximum Gasteiger partial charge on any atom is 0.240 e. The SMILES string of the molecule is Cc1cccc(CN2CCNCC2C(=O)N(C)C)n1. The fourth-order valence-corrected chi connectivity index (χ4v) is 2.37. The van der Waals surface area contributed by atoms with E-state index < -0.39 is 0 Å². The average molecular weight is 262 g/mol. The molecule has 1 unspecified atom stereocenters. The van der Waals surface area contributed by atoms with E-state index in [1.54, 1.807) is 19.0 Å². The Morgan fingerprint density at radius 2 is 2.32 bits per heavy atom. The summed E-state index contributed by atoms with van der Waals surface area (Å²) in [4.78, 5) is 20.6.